The number of fused-ring (bicyclic) bond motifs is 1. The minimum atomic E-state index is -1.05. The number of nitrogens with zero attached hydrogens (tertiary/aromatic N) is 1. The Bertz CT molecular complexity index is 1340. The fourth-order valence-corrected chi connectivity index (χ4v) is 7.29. The van der Waals surface area contributed by atoms with Crippen LogP contribution in [0.4, 0.5) is 0 Å². The van der Waals surface area contributed by atoms with E-state index in [1.165, 1.54) is 10.7 Å². The van der Waals surface area contributed by atoms with Gasteiger partial charge in [0.25, 0.3) is 0 Å². The summed E-state index contributed by atoms with van der Waals surface area (Å²) in [5, 5.41) is 0. The van der Waals surface area contributed by atoms with Crippen molar-refractivity contribution in [1.29, 1.82) is 0 Å². The van der Waals surface area contributed by atoms with Gasteiger partial charge >= 0.3 is 247 Å². The number of ether oxygens (including phenoxy) is 3. The number of benzene rings is 3. The zero-order valence-corrected chi connectivity index (χ0v) is 25.5. The van der Waals surface area contributed by atoms with E-state index in [2.05, 4.69) is 31.2 Å². The summed E-state index contributed by atoms with van der Waals surface area (Å²) in [6.45, 7) is 8.22. The van der Waals surface area contributed by atoms with E-state index in [0.29, 0.717) is 17.7 Å². The fourth-order valence-electron chi connectivity index (χ4n) is 4.55. The number of hydrogen-bond donors (Lipinski definition) is 0. The Kier molecular flexibility index (Phi) is 10.3. The Balaban J connectivity index is 1.53. The van der Waals surface area contributed by atoms with Crippen molar-refractivity contribution in [2.45, 2.75) is 46.1 Å². The van der Waals surface area contributed by atoms with Gasteiger partial charge in [-0.3, -0.25) is 0 Å². The Morgan fingerprint density at radius 3 is 2.15 bits per heavy atom. The van der Waals surface area contributed by atoms with Crippen LogP contribution in [0.25, 0.3) is 0 Å². The van der Waals surface area contributed by atoms with Crippen LogP contribution in [0.15, 0.2) is 60.7 Å². The summed E-state index contributed by atoms with van der Waals surface area (Å²) in [5.74, 6) is -0.713. The van der Waals surface area contributed by atoms with Crippen molar-refractivity contribution in [3.05, 3.63) is 95.6 Å². The molecule has 3 aromatic rings. The van der Waals surface area contributed by atoms with E-state index in [0.717, 1.165) is 57.0 Å². The van der Waals surface area contributed by atoms with Crippen LogP contribution >= 0.6 is 0 Å². The van der Waals surface area contributed by atoms with Crippen LogP contribution < -0.4 is 25.9 Å². The number of halogens is 1. The third kappa shape index (κ3) is 6.90. The molecule has 0 radical (unpaired) electrons. The van der Waals surface area contributed by atoms with Gasteiger partial charge in [-0.15, -0.1) is 0 Å². The van der Waals surface area contributed by atoms with Crippen molar-refractivity contribution in [1.82, 2.24) is 4.90 Å². The number of unbranched alkanes of at least 4 members (excludes halogenated alkanes) is 1. The Morgan fingerprint density at radius 1 is 0.900 bits per heavy atom. The SMILES string of the molecule is CCOCCCCOc1ccc([I-]c2cc(C)c(C)cc2C[C@@H](C(=O)OC)N2C(=O)c3ccccc3C2=O)cc1. The molecule has 0 fully saturated rings. The van der Waals surface area contributed by atoms with Crippen molar-refractivity contribution in [2.24, 2.45) is 0 Å². The zero-order chi connectivity index (χ0) is 28.6. The van der Waals surface area contributed by atoms with E-state index in [-0.39, 0.29) is 6.42 Å². The molecule has 2 amide bonds. The summed E-state index contributed by atoms with van der Waals surface area (Å²) in [5.41, 5.74) is 3.80. The minimum absolute atomic E-state index is 0.192. The van der Waals surface area contributed by atoms with Crippen LogP contribution in [0.2, 0.25) is 0 Å². The van der Waals surface area contributed by atoms with Gasteiger partial charge in [0.2, 0.25) is 0 Å². The average Bonchev–Trinajstić information content (AvgIpc) is 3.21. The number of rotatable bonds is 13. The van der Waals surface area contributed by atoms with Gasteiger partial charge in [-0.25, -0.2) is 0 Å². The predicted molar refractivity (Wildman–Crippen MR) is 147 cm³/mol. The summed E-state index contributed by atoms with van der Waals surface area (Å²) < 4.78 is 18.7. The molecule has 40 heavy (non-hydrogen) atoms. The number of aryl methyl sites for hydroxylation is 2. The second-order valence-electron chi connectivity index (χ2n) is 9.60. The molecule has 1 heterocycles. The van der Waals surface area contributed by atoms with Crippen LogP contribution in [0.5, 0.6) is 5.75 Å². The first kappa shape index (κ1) is 29.7. The van der Waals surface area contributed by atoms with Gasteiger partial charge in [0.15, 0.2) is 0 Å². The molecular weight excluding hydrogens is 621 g/mol. The summed E-state index contributed by atoms with van der Waals surface area (Å²) in [6.07, 6.45) is 2.10. The molecule has 0 spiro atoms. The first-order chi connectivity index (χ1) is 19.3. The molecule has 0 aliphatic carbocycles. The molecule has 0 unspecified atom stereocenters. The van der Waals surface area contributed by atoms with Crippen molar-refractivity contribution in [2.75, 3.05) is 26.9 Å². The predicted octanol–water partition coefficient (Wildman–Crippen LogP) is 2.01. The molecule has 1 atom stereocenters. The second-order valence-corrected chi connectivity index (χ2v) is 12.5. The van der Waals surface area contributed by atoms with E-state index in [9.17, 15) is 14.4 Å². The second kappa shape index (κ2) is 13.9. The van der Waals surface area contributed by atoms with E-state index in [4.69, 9.17) is 14.2 Å². The Morgan fingerprint density at radius 2 is 1.52 bits per heavy atom. The van der Waals surface area contributed by atoms with Crippen LogP contribution in [-0.4, -0.2) is 55.7 Å². The maximum atomic E-state index is 13.2. The van der Waals surface area contributed by atoms with Crippen molar-refractivity contribution < 1.29 is 49.8 Å². The monoisotopic (exact) mass is 656 g/mol. The summed E-state index contributed by atoms with van der Waals surface area (Å²) in [6, 6.07) is 18.0. The quantitative estimate of drug-likeness (QED) is 0.121. The first-order valence-corrected chi connectivity index (χ1v) is 15.6. The molecule has 0 saturated carbocycles. The topological polar surface area (TPSA) is 82.1 Å². The summed E-state index contributed by atoms with van der Waals surface area (Å²) >= 11 is -0.611. The number of esters is 1. The molecule has 1 aliphatic heterocycles. The fraction of sp³-hybridized carbons (Fsp3) is 0.344. The molecule has 3 aromatic carbocycles. The molecule has 1 aliphatic rings. The molecule has 4 rings (SSSR count). The maximum absolute atomic E-state index is 13.2. The van der Waals surface area contributed by atoms with Crippen molar-refractivity contribution in [3.63, 3.8) is 0 Å². The number of carbonyl (C=O) groups is 3. The molecule has 0 aromatic heterocycles. The van der Waals surface area contributed by atoms with Gasteiger partial charge in [-0.1, -0.05) is 0 Å². The molecule has 0 bridgehead atoms. The average molecular weight is 657 g/mol. The van der Waals surface area contributed by atoms with Crippen LogP contribution in [0.1, 0.15) is 57.2 Å². The number of methoxy groups -OCH3 is 1. The normalized spacial score (nSPS) is 13.4. The number of carbonyl (C=O) groups excluding carboxylic acids is 3. The summed E-state index contributed by atoms with van der Waals surface area (Å²) in [7, 11) is 1.28. The molecule has 8 heteroatoms. The molecule has 7 nitrogen and oxygen atoms in total. The van der Waals surface area contributed by atoms with Crippen LogP contribution in [0, 0.1) is 21.0 Å². The van der Waals surface area contributed by atoms with Gasteiger partial charge in [0, 0.05) is 0 Å². The van der Waals surface area contributed by atoms with E-state index in [1.807, 2.05) is 26.0 Å². The van der Waals surface area contributed by atoms with Gasteiger partial charge in [-0.05, 0) is 0 Å². The number of amides is 2. The third-order valence-corrected chi connectivity index (χ3v) is 9.79. The Hall–Kier alpha value is -3.24. The van der Waals surface area contributed by atoms with Crippen molar-refractivity contribution >= 4 is 17.8 Å². The van der Waals surface area contributed by atoms with Gasteiger partial charge in [0.05, 0.1) is 0 Å². The molecule has 212 valence electrons. The molecule has 0 saturated heterocycles. The van der Waals surface area contributed by atoms with E-state index >= 15 is 0 Å². The number of imide groups is 1. The summed E-state index contributed by atoms with van der Waals surface area (Å²) in [4.78, 5) is 40.5. The van der Waals surface area contributed by atoms with E-state index < -0.39 is 45.0 Å². The van der Waals surface area contributed by atoms with Crippen molar-refractivity contribution in [3.8, 4) is 5.75 Å². The zero-order valence-electron chi connectivity index (χ0n) is 23.4. The molecular formula is C32H35INO6-. The van der Waals surface area contributed by atoms with E-state index in [1.54, 1.807) is 24.3 Å². The first-order valence-electron chi connectivity index (χ1n) is 13.4. The Labute approximate surface area is 246 Å². The van der Waals surface area contributed by atoms with Gasteiger partial charge in [0.1, 0.15) is 0 Å². The van der Waals surface area contributed by atoms with Crippen LogP contribution in [0.3, 0.4) is 0 Å². The standard InChI is InChI=1S/C32H35INO6/c1-5-39-16-8-9-17-40-25-14-12-24(13-15-25)33-28-19-22(3)21(2)18-23(28)20-29(32(37)38-4)34-30(35)26-10-6-7-11-27(26)31(34)36/h6-7,10-15,18-19,29H,5,8-9,16-17,20H2,1-4H3/q-1/t29-/m0/s1. The molecule has 0 N–H and O–H groups in total. The third-order valence-electron chi connectivity index (χ3n) is 6.87. The number of hydrogen-bond acceptors (Lipinski definition) is 6. The van der Waals surface area contributed by atoms with Gasteiger partial charge < -0.3 is 0 Å². The van der Waals surface area contributed by atoms with Gasteiger partial charge in [-0.2, -0.15) is 0 Å². The van der Waals surface area contributed by atoms with Crippen LogP contribution in [-0.2, 0) is 20.7 Å².